The highest BCUT2D eigenvalue weighted by atomic mass is 79.9. The smallest absolute Gasteiger partial charge is 0.0220 e. The summed E-state index contributed by atoms with van der Waals surface area (Å²) in [5, 5.41) is 3.46. The first-order valence-electron chi connectivity index (χ1n) is 5.75. The molecule has 0 atom stereocenters. The molecule has 88 valence electrons. The van der Waals surface area contributed by atoms with Crippen molar-refractivity contribution < 1.29 is 0 Å². The lowest BCUT2D eigenvalue weighted by Crippen LogP contribution is -2.12. The fourth-order valence-corrected chi connectivity index (χ4v) is 2.23. The van der Waals surface area contributed by atoms with Crippen molar-refractivity contribution in [1.29, 1.82) is 0 Å². The lowest BCUT2D eigenvalue weighted by Gasteiger charge is -2.07. The molecule has 0 aromatic heterocycles. The van der Waals surface area contributed by atoms with Gasteiger partial charge in [0.1, 0.15) is 0 Å². The van der Waals surface area contributed by atoms with Crippen molar-refractivity contribution >= 4 is 15.9 Å². The van der Waals surface area contributed by atoms with Crippen molar-refractivity contribution in [3.8, 4) is 0 Å². The van der Waals surface area contributed by atoms with Gasteiger partial charge in [0, 0.05) is 17.6 Å². The van der Waals surface area contributed by atoms with Crippen molar-refractivity contribution in [3.63, 3.8) is 0 Å². The summed E-state index contributed by atoms with van der Waals surface area (Å²) in [4.78, 5) is 0. The van der Waals surface area contributed by atoms with Crippen LogP contribution in [0.1, 0.15) is 16.7 Å². The van der Waals surface area contributed by atoms with E-state index in [1.807, 2.05) is 6.07 Å². The zero-order valence-electron chi connectivity index (χ0n) is 9.91. The predicted octanol–water partition coefficient (Wildman–Crippen LogP) is 4.05. The molecule has 0 saturated heterocycles. The van der Waals surface area contributed by atoms with Crippen molar-refractivity contribution in [3.05, 3.63) is 69.7 Å². The molecule has 17 heavy (non-hydrogen) atoms. The van der Waals surface area contributed by atoms with Gasteiger partial charge < -0.3 is 5.32 Å². The van der Waals surface area contributed by atoms with Crippen LogP contribution in [0.2, 0.25) is 0 Å². The number of benzene rings is 2. The van der Waals surface area contributed by atoms with Gasteiger partial charge in [0.15, 0.2) is 0 Å². The van der Waals surface area contributed by atoms with Gasteiger partial charge in [0.25, 0.3) is 0 Å². The predicted molar refractivity (Wildman–Crippen MR) is 75.9 cm³/mol. The van der Waals surface area contributed by atoms with Gasteiger partial charge in [0.05, 0.1) is 0 Å². The van der Waals surface area contributed by atoms with Gasteiger partial charge in [-0.25, -0.2) is 0 Å². The van der Waals surface area contributed by atoms with E-state index < -0.39 is 0 Å². The van der Waals surface area contributed by atoms with Crippen molar-refractivity contribution in [1.82, 2.24) is 5.32 Å². The largest absolute Gasteiger partial charge is 0.309 e. The van der Waals surface area contributed by atoms with Crippen molar-refractivity contribution in [2.45, 2.75) is 20.0 Å². The molecule has 0 saturated carbocycles. The second-order valence-electron chi connectivity index (χ2n) is 4.18. The van der Waals surface area contributed by atoms with Crippen LogP contribution in [-0.2, 0) is 13.1 Å². The fraction of sp³-hybridized carbons (Fsp3) is 0.200. The molecule has 2 heteroatoms. The maximum atomic E-state index is 3.55. The highest BCUT2D eigenvalue weighted by molar-refractivity contribution is 9.10. The SMILES string of the molecule is Cc1cccc(CNCc2ccccc2Br)c1. The molecule has 1 nitrogen and oxygen atoms in total. The Bertz CT molecular complexity index is 494. The van der Waals surface area contributed by atoms with E-state index in [4.69, 9.17) is 0 Å². The number of hydrogen-bond donors (Lipinski definition) is 1. The summed E-state index contributed by atoms with van der Waals surface area (Å²) in [6.45, 7) is 3.91. The molecule has 0 aliphatic rings. The van der Waals surface area contributed by atoms with Crippen LogP contribution in [0, 0.1) is 6.92 Å². The average Bonchev–Trinajstić information content (AvgIpc) is 2.32. The first-order valence-corrected chi connectivity index (χ1v) is 6.54. The Morgan fingerprint density at radius 1 is 1.00 bits per heavy atom. The zero-order valence-corrected chi connectivity index (χ0v) is 11.5. The second-order valence-corrected chi connectivity index (χ2v) is 5.04. The van der Waals surface area contributed by atoms with E-state index in [1.54, 1.807) is 0 Å². The molecule has 2 rings (SSSR count). The molecule has 0 spiro atoms. The Hall–Kier alpha value is -1.12. The third-order valence-electron chi connectivity index (χ3n) is 2.68. The Balaban J connectivity index is 1.90. The zero-order chi connectivity index (χ0) is 12.1. The lowest BCUT2D eigenvalue weighted by atomic mass is 10.1. The Kier molecular flexibility index (Phi) is 4.35. The molecule has 0 heterocycles. The molecule has 2 aromatic carbocycles. The lowest BCUT2D eigenvalue weighted by molar-refractivity contribution is 0.691. The van der Waals surface area contributed by atoms with Crippen LogP contribution in [0.3, 0.4) is 0 Å². The molecular weight excluding hydrogens is 274 g/mol. The van der Waals surface area contributed by atoms with Crippen LogP contribution in [0.25, 0.3) is 0 Å². The summed E-state index contributed by atoms with van der Waals surface area (Å²) in [6, 6.07) is 16.9. The molecule has 0 fully saturated rings. The summed E-state index contributed by atoms with van der Waals surface area (Å²) in [5.74, 6) is 0. The molecule has 0 amide bonds. The Morgan fingerprint density at radius 3 is 2.59 bits per heavy atom. The van der Waals surface area contributed by atoms with Crippen LogP contribution >= 0.6 is 15.9 Å². The van der Waals surface area contributed by atoms with Crippen LogP contribution in [0.4, 0.5) is 0 Å². The molecule has 0 bridgehead atoms. The summed E-state index contributed by atoms with van der Waals surface area (Å²) >= 11 is 3.55. The number of hydrogen-bond acceptors (Lipinski definition) is 1. The first-order chi connectivity index (χ1) is 8.25. The van der Waals surface area contributed by atoms with E-state index in [-0.39, 0.29) is 0 Å². The summed E-state index contributed by atoms with van der Waals surface area (Å²) < 4.78 is 1.16. The van der Waals surface area contributed by atoms with Gasteiger partial charge in [-0.1, -0.05) is 64.0 Å². The van der Waals surface area contributed by atoms with Crippen LogP contribution in [-0.4, -0.2) is 0 Å². The second kappa shape index (κ2) is 5.99. The Labute approximate surface area is 111 Å². The highest BCUT2D eigenvalue weighted by Gasteiger charge is 1.98. The normalized spacial score (nSPS) is 10.5. The van der Waals surface area contributed by atoms with E-state index in [0.717, 1.165) is 17.6 Å². The minimum atomic E-state index is 0.884. The summed E-state index contributed by atoms with van der Waals surface area (Å²) in [6.07, 6.45) is 0. The molecule has 1 N–H and O–H groups in total. The van der Waals surface area contributed by atoms with Crippen LogP contribution in [0.15, 0.2) is 53.0 Å². The topological polar surface area (TPSA) is 12.0 Å². The quantitative estimate of drug-likeness (QED) is 0.896. The number of aryl methyl sites for hydroxylation is 1. The van der Waals surface area contributed by atoms with Gasteiger partial charge in [-0.2, -0.15) is 0 Å². The Morgan fingerprint density at radius 2 is 1.82 bits per heavy atom. The molecule has 2 aromatic rings. The fourth-order valence-electron chi connectivity index (χ4n) is 1.81. The van der Waals surface area contributed by atoms with Gasteiger partial charge in [-0.05, 0) is 24.1 Å². The number of nitrogens with one attached hydrogen (secondary N) is 1. The molecular formula is C15H16BrN. The third-order valence-corrected chi connectivity index (χ3v) is 3.46. The molecule has 0 radical (unpaired) electrons. The third kappa shape index (κ3) is 3.69. The highest BCUT2D eigenvalue weighted by Crippen LogP contribution is 2.15. The minimum absolute atomic E-state index is 0.884. The van der Waals surface area contributed by atoms with Gasteiger partial charge in [-0.15, -0.1) is 0 Å². The van der Waals surface area contributed by atoms with E-state index >= 15 is 0 Å². The van der Waals surface area contributed by atoms with Crippen molar-refractivity contribution in [2.75, 3.05) is 0 Å². The number of rotatable bonds is 4. The van der Waals surface area contributed by atoms with Gasteiger partial charge >= 0.3 is 0 Å². The van der Waals surface area contributed by atoms with Gasteiger partial charge in [0.2, 0.25) is 0 Å². The van der Waals surface area contributed by atoms with E-state index in [9.17, 15) is 0 Å². The molecule has 0 aliphatic heterocycles. The average molecular weight is 290 g/mol. The maximum absolute atomic E-state index is 3.55. The molecule has 0 unspecified atom stereocenters. The summed E-state index contributed by atoms with van der Waals surface area (Å²) in [7, 11) is 0. The maximum Gasteiger partial charge on any atom is 0.0220 e. The van der Waals surface area contributed by atoms with E-state index in [0.29, 0.717) is 0 Å². The molecule has 0 aliphatic carbocycles. The van der Waals surface area contributed by atoms with Crippen LogP contribution < -0.4 is 5.32 Å². The monoisotopic (exact) mass is 289 g/mol. The number of halogens is 1. The van der Waals surface area contributed by atoms with Crippen LogP contribution in [0.5, 0.6) is 0 Å². The van der Waals surface area contributed by atoms with E-state index in [1.165, 1.54) is 16.7 Å². The van der Waals surface area contributed by atoms with Crippen molar-refractivity contribution in [2.24, 2.45) is 0 Å². The standard InChI is InChI=1S/C15H16BrN/c1-12-5-4-6-13(9-12)10-17-11-14-7-2-3-8-15(14)16/h2-9,17H,10-11H2,1H3. The van der Waals surface area contributed by atoms with E-state index in [2.05, 4.69) is 70.6 Å². The van der Waals surface area contributed by atoms with Gasteiger partial charge in [-0.3, -0.25) is 0 Å². The summed E-state index contributed by atoms with van der Waals surface area (Å²) in [5.41, 5.74) is 3.93. The first kappa shape index (κ1) is 12.3. The minimum Gasteiger partial charge on any atom is -0.309 e.